The first-order valence-corrected chi connectivity index (χ1v) is 3.82. The number of hydrogen-bond donors (Lipinski definition) is 0. The van der Waals surface area contributed by atoms with Gasteiger partial charge in [-0.2, -0.15) is 0 Å². The van der Waals surface area contributed by atoms with Crippen LogP contribution in [0.4, 0.5) is 0 Å². The molecule has 0 unspecified atom stereocenters. The first-order chi connectivity index (χ1) is 2.93. The molecule has 36 valence electrons. The van der Waals surface area contributed by atoms with Gasteiger partial charge in [0.25, 0.3) is 0 Å². The molecular formula is C3H6O2Te. The van der Waals surface area contributed by atoms with E-state index in [1.54, 1.807) is 0 Å². The summed E-state index contributed by atoms with van der Waals surface area (Å²) in [6.45, 7) is 2.05. The van der Waals surface area contributed by atoms with Crippen LogP contribution in [-0.4, -0.2) is 28.0 Å². The molecule has 1 rings (SSSR count). The summed E-state index contributed by atoms with van der Waals surface area (Å²) in [7, 11) is 0. The van der Waals surface area contributed by atoms with Crippen molar-refractivity contribution in [3.63, 3.8) is 0 Å². The Morgan fingerprint density at radius 3 is 2.33 bits per heavy atom. The summed E-state index contributed by atoms with van der Waals surface area (Å²) in [6, 6.07) is 0. The van der Waals surface area contributed by atoms with Crippen molar-refractivity contribution in [3.8, 4) is 0 Å². The van der Waals surface area contributed by atoms with E-state index in [9.17, 15) is 0 Å². The Hall–Kier alpha value is 0.710. The quantitative estimate of drug-likeness (QED) is 0.569. The van der Waals surface area contributed by atoms with Crippen LogP contribution in [0.15, 0.2) is 0 Å². The second-order valence-electron chi connectivity index (χ2n) is 1.10. The third-order valence-electron chi connectivity index (χ3n) is 0.627. The van der Waals surface area contributed by atoms with Gasteiger partial charge in [0.15, 0.2) is 0 Å². The van der Waals surface area contributed by atoms with Crippen LogP contribution in [0, 0.1) is 0 Å². The van der Waals surface area contributed by atoms with Crippen LogP contribution in [0.2, 0.25) is 0 Å². The maximum absolute atomic E-state index is 4.99. The van der Waals surface area contributed by atoms with Crippen molar-refractivity contribution in [3.05, 3.63) is 0 Å². The normalized spacial score (nSPS) is 23.5. The monoisotopic (exact) mass is 204 g/mol. The Kier molecular flexibility index (Phi) is 1.73. The van der Waals surface area contributed by atoms with E-state index in [-0.39, 0.29) is 6.29 Å². The molecule has 1 heterocycles. The van der Waals surface area contributed by atoms with E-state index in [4.69, 9.17) is 6.20 Å². The molecule has 1 fully saturated rings. The third kappa shape index (κ3) is 0.854. The van der Waals surface area contributed by atoms with Crippen molar-refractivity contribution in [1.29, 1.82) is 0 Å². The van der Waals surface area contributed by atoms with Crippen LogP contribution < -0.4 is 0 Å². The minimum absolute atomic E-state index is 0.174. The fourth-order valence-corrected chi connectivity index (χ4v) is 1.55. The first kappa shape index (κ1) is 4.86. The zero-order valence-corrected chi connectivity index (χ0v) is 5.84. The van der Waals surface area contributed by atoms with Gasteiger partial charge in [0.1, 0.15) is 0 Å². The van der Waals surface area contributed by atoms with E-state index in [1.807, 2.05) is 0 Å². The predicted molar refractivity (Wildman–Crippen MR) is 22.0 cm³/mol. The van der Waals surface area contributed by atoms with Crippen molar-refractivity contribution in [1.82, 2.24) is 0 Å². The summed E-state index contributed by atoms with van der Waals surface area (Å²) in [5.74, 6) is 0. The van der Waals surface area contributed by atoms with E-state index in [1.165, 1.54) is 0 Å². The van der Waals surface area contributed by atoms with Crippen LogP contribution in [0.5, 0.6) is 0 Å². The summed E-state index contributed by atoms with van der Waals surface area (Å²) in [4.78, 5) is 0. The molecule has 0 amide bonds. The zero-order valence-electron chi connectivity index (χ0n) is 3.51. The van der Waals surface area contributed by atoms with Crippen molar-refractivity contribution in [2.45, 2.75) is 19.6 Å². The molecule has 0 saturated carbocycles. The summed E-state index contributed by atoms with van der Waals surface area (Å²) in [5.41, 5.74) is 0. The molecule has 0 atom stereocenters. The van der Waals surface area contributed by atoms with Gasteiger partial charge in [-0.15, -0.1) is 0 Å². The second-order valence-corrected chi connectivity index (χ2v) is 2.59. The van der Waals surface area contributed by atoms with E-state index in [0.29, 0.717) is 0 Å². The summed E-state index contributed by atoms with van der Waals surface area (Å²) < 4.78 is 9.98. The Balaban J connectivity index is 2.01. The van der Waals surface area contributed by atoms with Crippen LogP contribution in [-0.2, 0) is 6.20 Å². The van der Waals surface area contributed by atoms with Crippen LogP contribution >= 0.6 is 0 Å². The fourth-order valence-electron chi connectivity index (χ4n) is 0.231. The Bertz CT molecular complexity index is 41.3. The minimum atomic E-state index is -0.393. The molecule has 0 N–H and O–H groups in total. The van der Waals surface area contributed by atoms with Gasteiger partial charge in [0.05, 0.1) is 0 Å². The van der Waals surface area contributed by atoms with Crippen molar-refractivity contribution in [2.24, 2.45) is 0 Å². The molecule has 0 aliphatic carbocycles. The second kappa shape index (κ2) is 2.13. The molecule has 0 spiro atoms. The van der Waals surface area contributed by atoms with Crippen molar-refractivity contribution in [2.75, 3.05) is 0 Å². The van der Waals surface area contributed by atoms with Gasteiger partial charge in [-0.1, -0.05) is 0 Å². The van der Waals surface area contributed by atoms with E-state index < -0.39 is 21.7 Å². The Morgan fingerprint density at radius 2 is 2.33 bits per heavy atom. The van der Waals surface area contributed by atoms with Crippen LogP contribution in [0.25, 0.3) is 0 Å². The first-order valence-electron chi connectivity index (χ1n) is 1.92. The van der Waals surface area contributed by atoms with Gasteiger partial charge in [-0.05, 0) is 0 Å². The van der Waals surface area contributed by atoms with E-state index in [2.05, 4.69) is 6.92 Å². The molecule has 1 aliphatic rings. The average molecular weight is 202 g/mol. The third-order valence-corrected chi connectivity index (χ3v) is 2.30. The molecule has 0 radical (unpaired) electrons. The Labute approximate surface area is 48.0 Å². The molecule has 1 saturated heterocycles. The van der Waals surface area contributed by atoms with Crippen molar-refractivity contribution >= 4 is 21.7 Å². The Morgan fingerprint density at radius 1 is 1.67 bits per heavy atom. The summed E-state index contributed by atoms with van der Waals surface area (Å²) in [5, 5.41) is 0. The van der Waals surface area contributed by atoms with Gasteiger partial charge in [0.2, 0.25) is 0 Å². The van der Waals surface area contributed by atoms with Gasteiger partial charge < -0.3 is 0 Å². The molecule has 6 heavy (non-hydrogen) atoms. The summed E-state index contributed by atoms with van der Waals surface area (Å²) in [6.07, 6.45) is 1.18. The molecule has 0 bridgehead atoms. The maximum atomic E-state index is 4.99. The zero-order chi connectivity index (χ0) is 4.41. The number of hydrogen-bond acceptors (Lipinski definition) is 2. The van der Waals surface area contributed by atoms with Gasteiger partial charge in [0, 0.05) is 0 Å². The topological polar surface area (TPSA) is 18.5 Å². The molecular weight excluding hydrogens is 196 g/mol. The fraction of sp³-hybridized carbons (Fsp3) is 1.00. The average Bonchev–Trinajstić information content (AvgIpc) is 1.31. The summed E-state index contributed by atoms with van der Waals surface area (Å²) >= 11 is -0.393. The standard InChI is InChI=1S/C3H6O2Te/c1-2-3-4-6-5-3/h3H,2H2,1H3. The van der Waals surface area contributed by atoms with Crippen LogP contribution in [0.1, 0.15) is 13.3 Å². The van der Waals surface area contributed by atoms with Gasteiger partial charge in [-0.3, -0.25) is 0 Å². The van der Waals surface area contributed by atoms with E-state index in [0.717, 1.165) is 6.42 Å². The molecule has 0 aromatic heterocycles. The predicted octanol–water partition coefficient (Wildman–Crippen LogP) is 0.303. The number of rotatable bonds is 1. The van der Waals surface area contributed by atoms with Crippen molar-refractivity contribution < 1.29 is 6.20 Å². The SMILES string of the molecule is CCC1O[Te]O1. The van der Waals surface area contributed by atoms with Gasteiger partial charge >= 0.3 is 47.6 Å². The molecule has 0 aromatic rings. The van der Waals surface area contributed by atoms with E-state index >= 15 is 0 Å². The van der Waals surface area contributed by atoms with Gasteiger partial charge in [-0.25, -0.2) is 0 Å². The molecule has 0 aromatic carbocycles. The molecule has 1 aliphatic heterocycles. The van der Waals surface area contributed by atoms with Crippen LogP contribution in [0.3, 0.4) is 0 Å². The molecule has 3 heteroatoms. The molecule has 2 nitrogen and oxygen atoms in total.